The van der Waals surface area contributed by atoms with Gasteiger partial charge < -0.3 is 5.32 Å². The van der Waals surface area contributed by atoms with Gasteiger partial charge >= 0.3 is 6.18 Å². The Morgan fingerprint density at radius 2 is 1.89 bits per heavy atom. The predicted octanol–water partition coefficient (Wildman–Crippen LogP) is 4.65. The standard InChI is InChI=1S/C11H6BrClF3N3/c12-9-4-18-10(5-17-9)19-8-2-1-6(3-7(8)13)11(14,15)16/h1-5H,(H,18,19). The summed E-state index contributed by atoms with van der Waals surface area (Å²) in [5.41, 5.74) is -0.476. The second-order valence-electron chi connectivity index (χ2n) is 3.54. The zero-order valence-corrected chi connectivity index (χ0v) is 11.5. The predicted molar refractivity (Wildman–Crippen MR) is 69.5 cm³/mol. The summed E-state index contributed by atoms with van der Waals surface area (Å²) in [4.78, 5) is 7.91. The van der Waals surface area contributed by atoms with Crippen LogP contribution in [0, 0.1) is 0 Å². The second kappa shape index (κ2) is 5.34. The monoisotopic (exact) mass is 351 g/mol. The molecule has 0 saturated heterocycles. The van der Waals surface area contributed by atoms with Crippen LogP contribution >= 0.6 is 27.5 Å². The Bertz CT molecular complexity index is 587. The number of nitrogens with one attached hydrogen (secondary N) is 1. The van der Waals surface area contributed by atoms with E-state index in [1.54, 1.807) is 0 Å². The van der Waals surface area contributed by atoms with Gasteiger partial charge in [-0.1, -0.05) is 11.6 Å². The summed E-state index contributed by atoms with van der Waals surface area (Å²) < 4.78 is 37.9. The molecule has 2 rings (SSSR count). The maximum absolute atomic E-state index is 12.5. The van der Waals surface area contributed by atoms with E-state index < -0.39 is 11.7 Å². The Balaban J connectivity index is 2.24. The number of anilines is 2. The molecule has 0 fully saturated rings. The van der Waals surface area contributed by atoms with Gasteiger partial charge in [0, 0.05) is 0 Å². The highest BCUT2D eigenvalue weighted by atomic mass is 79.9. The van der Waals surface area contributed by atoms with Gasteiger partial charge in [-0.2, -0.15) is 13.2 Å². The zero-order chi connectivity index (χ0) is 14.0. The van der Waals surface area contributed by atoms with Crippen LogP contribution in [0.2, 0.25) is 5.02 Å². The number of alkyl halides is 3. The third-order valence-corrected chi connectivity index (χ3v) is 2.90. The summed E-state index contributed by atoms with van der Waals surface area (Å²) in [5, 5.41) is 2.74. The summed E-state index contributed by atoms with van der Waals surface area (Å²) >= 11 is 8.92. The van der Waals surface area contributed by atoms with Crippen LogP contribution in [0.5, 0.6) is 0 Å². The maximum atomic E-state index is 12.5. The minimum absolute atomic E-state index is 0.0421. The molecule has 1 heterocycles. The fourth-order valence-corrected chi connectivity index (χ4v) is 1.74. The van der Waals surface area contributed by atoms with Crippen molar-refractivity contribution >= 4 is 39.0 Å². The van der Waals surface area contributed by atoms with E-state index in [-0.39, 0.29) is 5.02 Å². The van der Waals surface area contributed by atoms with Crippen LogP contribution in [0.15, 0.2) is 35.2 Å². The molecule has 1 aromatic heterocycles. The van der Waals surface area contributed by atoms with E-state index in [0.717, 1.165) is 12.1 Å². The normalized spacial score (nSPS) is 11.4. The number of benzene rings is 1. The van der Waals surface area contributed by atoms with Crippen LogP contribution < -0.4 is 5.32 Å². The highest BCUT2D eigenvalue weighted by Crippen LogP contribution is 2.34. The third-order valence-electron chi connectivity index (χ3n) is 2.18. The summed E-state index contributed by atoms with van der Waals surface area (Å²) in [7, 11) is 0. The number of halogens is 5. The van der Waals surface area contributed by atoms with Crippen LogP contribution in [0.3, 0.4) is 0 Å². The van der Waals surface area contributed by atoms with Gasteiger partial charge in [-0.05, 0) is 34.1 Å². The van der Waals surface area contributed by atoms with E-state index in [2.05, 4.69) is 31.2 Å². The molecule has 0 spiro atoms. The van der Waals surface area contributed by atoms with Gasteiger partial charge in [0.1, 0.15) is 10.4 Å². The van der Waals surface area contributed by atoms with Crippen molar-refractivity contribution in [2.24, 2.45) is 0 Å². The Kier molecular flexibility index (Phi) is 3.96. The highest BCUT2D eigenvalue weighted by molar-refractivity contribution is 9.10. The first-order valence-electron chi connectivity index (χ1n) is 4.97. The van der Waals surface area contributed by atoms with Crippen LogP contribution in [0.1, 0.15) is 5.56 Å². The fourth-order valence-electron chi connectivity index (χ4n) is 1.31. The quantitative estimate of drug-likeness (QED) is 0.854. The third kappa shape index (κ3) is 3.57. The highest BCUT2D eigenvalue weighted by Gasteiger charge is 2.30. The van der Waals surface area contributed by atoms with Crippen LogP contribution in [-0.4, -0.2) is 9.97 Å². The number of nitrogens with zero attached hydrogens (tertiary/aromatic N) is 2. The Hall–Kier alpha value is -1.34. The van der Waals surface area contributed by atoms with Gasteiger partial charge in [0.15, 0.2) is 0 Å². The van der Waals surface area contributed by atoms with E-state index in [1.165, 1.54) is 18.5 Å². The van der Waals surface area contributed by atoms with E-state index in [0.29, 0.717) is 16.1 Å². The van der Waals surface area contributed by atoms with Gasteiger partial charge in [0.25, 0.3) is 0 Å². The zero-order valence-electron chi connectivity index (χ0n) is 9.17. The van der Waals surface area contributed by atoms with Gasteiger partial charge in [0.2, 0.25) is 0 Å². The topological polar surface area (TPSA) is 37.8 Å². The largest absolute Gasteiger partial charge is 0.416 e. The second-order valence-corrected chi connectivity index (χ2v) is 4.76. The molecule has 0 aliphatic carbocycles. The SMILES string of the molecule is FC(F)(F)c1ccc(Nc2cnc(Br)cn2)c(Cl)c1. The van der Waals surface area contributed by atoms with E-state index in [1.807, 2.05) is 0 Å². The summed E-state index contributed by atoms with van der Waals surface area (Å²) in [5.74, 6) is 0.379. The maximum Gasteiger partial charge on any atom is 0.416 e. The molecule has 1 N–H and O–H groups in total. The molecule has 0 aliphatic heterocycles. The van der Waals surface area contributed by atoms with E-state index >= 15 is 0 Å². The van der Waals surface area contributed by atoms with Gasteiger partial charge in [0.05, 0.1) is 28.7 Å². The molecule has 0 atom stereocenters. The Morgan fingerprint density at radius 1 is 1.16 bits per heavy atom. The first-order chi connectivity index (χ1) is 8.86. The lowest BCUT2D eigenvalue weighted by Gasteiger charge is -2.11. The number of hydrogen-bond donors (Lipinski definition) is 1. The Morgan fingerprint density at radius 3 is 2.42 bits per heavy atom. The Labute approximate surface area is 120 Å². The lowest BCUT2D eigenvalue weighted by Crippen LogP contribution is -2.05. The number of hydrogen-bond acceptors (Lipinski definition) is 3. The molecule has 100 valence electrons. The van der Waals surface area contributed by atoms with Crippen molar-refractivity contribution in [1.82, 2.24) is 9.97 Å². The fraction of sp³-hybridized carbons (Fsp3) is 0.0909. The van der Waals surface area contributed by atoms with Crippen molar-refractivity contribution in [3.05, 3.63) is 45.8 Å². The van der Waals surface area contributed by atoms with Crippen LogP contribution in [0.25, 0.3) is 0 Å². The molecule has 0 bridgehead atoms. The molecule has 19 heavy (non-hydrogen) atoms. The number of rotatable bonds is 2. The van der Waals surface area contributed by atoms with E-state index in [4.69, 9.17) is 11.6 Å². The van der Waals surface area contributed by atoms with Gasteiger partial charge in [-0.25, -0.2) is 9.97 Å². The van der Waals surface area contributed by atoms with Crippen molar-refractivity contribution in [2.75, 3.05) is 5.32 Å². The molecule has 0 radical (unpaired) electrons. The van der Waals surface area contributed by atoms with Gasteiger partial charge in [-0.3, -0.25) is 0 Å². The molecule has 0 aliphatic rings. The average molecular weight is 353 g/mol. The van der Waals surface area contributed by atoms with E-state index in [9.17, 15) is 13.2 Å². The van der Waals surface area contributed by atoms with Crippen LogP contribution in [0.4, 0.5) is 24.7 Å². The smallest absolute Gasteiger partial charge is 0.338 e. The first-order valence-corrected chi connectivity index (χ1v) is 6.14. The van der Waals surface area contributed by atoms with Crippen molar-refractivity contribution in [3.8, 4) is 0 Å². The summed E-state index contributed by atoms with van der Waals surface area (Å²) in [6, 6.07) is 3.05. The lowest BCUT2D eigenvalue weighted by atomic mass is 10.2. The molecule has 0 saturated carbocycles. The summed E-state index contributed by atoms with van der Waals surface area (Å²) in [6.45, 7) is 0. The minimum Gasteiger partial charge on any atom is -0.338 e. The molecule has 8 heteroatoms. The molecule has 0 unspecified atom stereocenters. The molecular weight excluding hydrogens is 346 g/mol. The lowest BCUT2D eigenvalue weighted by molar-refractivity contribution is -0.137. The van der Waals surface area contributed by atoms with Crippen LogP contribution in [-0.2, 0) is 6.18 Å². The molecule has 0 amide bonds. The van der Waals surface area contributed by atoms with Crippen molar-refractivity contribution in [2.45, 2.75) is 6.18 Å². The molecular formula is C11H6BrClF3N3. The molecule has 3 nitrogen and oxygen atoms in total. The van der Waals surface area contributed by atoms with Gasteiger partial charge in [-0.15, -0.1) is 0 Å². The average Bonchev–Trinajstić information content (AvgIpc) is 2.33. The number of aromatic nitrogens is 2. The van der Waals surface area contributed by atoms with Crippen molar-refractivity contribution < 1.29 is 13.2 Å². The van der Waals surface area contributed by atoms with Crippen molar-refractivity contribution in [3.63, 3.8) is 0 Å². The molecule has 2 aromatic rings. The first kappa shape index (κ1) is 14.1. The minimum atomic E-state index is -4.42. The summed E-state index contributed by atoms with van der Waals surface area (Å²) in [6.07, 6.45) is -1.53. The van der Waals surface area contributed by atoms with Crippen molar-refractivity contribution in [1.29, 1.82) is 0 Å². The molecule has 1 aromatic carbocycles.